The lowest BCUT2D eigenvalue weighted by molar-refractivity contribution is -0.126. The van der Waals surface area contributed by atoms with Crippen molar-refractivity contribution in [2.45, 2.75) is 19.4 Å². The number of aromatic nitrogens is 1. The maximum atomic E-state index is 11.9. The number of rotatable bonds is 3. The van der Waals surface area contributed by atoms with Crippen LogP contribution in [0.4, 0.5) is 0 Å². The molecule has 1 aromatic heterocycles. The van der Waals surface area contributed by atoms with Crippen LogP contribution in [0.25, 0.3) is 0 Å². The van der Waals surface area contributed by atoms with E-state index in [4.69, 9.17) is 0 Å². The Morgan fingerprint density at radius 1 is 1.47 bits per heavy atom. The zero-order valence-electron chi connectivity index (χ0n) is 10.2. The highest BCUT2D eigenvalue weighted by Gasteiger charge is 2.22. The van der Waals surface area contributed by atoms with Crippen molar-refractivity contribution in [2.75, 3.05) is 20.1 Å². The first kappa shape index (κ1) is 12.0. The van der Waals surface area contributed by atoms with Gasteiger partial charge in [0.15, 0.2) is 0 Å². The quantitative estimate of drug-likeness (QED) is 0.848. The Morgan fingerprint density at radius 2 is 2.24 bits per heavy atom. The molecule has 1 aliphatic heterocycles. The molecule has 0 saturated carbocycles. The standard InChI is InChI=1S/C13H19N3O/c1-16-8-5-11(6-9-16)13(17)15-10-12-4-2-3-7-14-12/h2-4,7,11H,5-6,8-10H2,1H3,(H,15,17). The second-order valence-electron chi connectivity index (χ2n) is 4.62. The van der Waals surface area contributed by atoms with Crippen LogP contribution in [0.2, 0.25) is 0 Å². The molecule has 92 valence electrons. The van der Waals surface area contributed by atoms with Crippen molar-refractivity contribution < 1.29 is 4.79 Å². The summed E-state index contributed by atoms with van der Waals surface area (Å²) in [5, 5.41) is 2.96. The van der Waals surface area contributed by atoms with E-state index >= 15 is 0 Å². The fourth-order valence-corrected chi connectivity index (χ4v) is 2.10. The van der Waals surface area contributed by atoms with Gasteiger partial charge in [0.05, 0.1) is 12.2 Å². The maximum Gasteiger partial charge on any atom is 0.223 e. The molecule has 1 fully saturated rings. The molecule has 1 N–H and O–H groups in total. The minimum atomic E-state index is 0.170. The van der Waals surface area contributed by atoms with Gasteiger partial charge in [-0.25, -0.2) is 0 Å². The first-order chi connectivity index (χ1) is 8.25. The van der Waals surface area contributed by atoms with Crippen LogP contribution < -0.4 is 5.32 Å². The lowest BCUT2D eigenvalue weighted by atomic mass is 9.96. The summed E-state index contributed by atoms with van der Waals surface area (Å²) < 4.78 is 0. The minimum Gasteiger partial charge on any atom is -0.350 e. The summed E-state index contributed by atoms with van der Waals surface area (Å²) in [6, 6.07) is 5.74. The summed E-state index contributed by atoms with van der Waals surface area (Å²) in [5.74, 6) is 0.346. The molecule has 0 unspecified atom stereocenters. The number of carbonyl (C=O) groups is 1. The molecule has 4 heteroatoms. The van der Waals surface area contributed by atoms with Gasteiger partial charge in [-0.2, -0.15) is 0 Å². The van der Waals surface area contributed by atoms with Crippen LogP contribution in [0.15, 0.2) is 24.4 Å². The smallest absolute Gasteiger partial charge is 0.223 e. The van der Waals surface area contributed by atoms with Crippen LogP contribution in [0, 0.1) is 5.92 Å². The van der Waals surface area contributed by atoms with Crippen molar-refractivity contribution in [3.05, 3.63) is 30.1 Å². The maximum absolute atomic E-state index is 11.9. The number of nitrogens with one attached hydrogen (secondary N) is 1. The third-order valence-corrected chi connectivity index (χ3v) is 3.26. The predicted octanol–water partition coefficient (Wildman–Crippen LogP) is 1.04. The number of hydrogen-bond donors (Lipinski definition) is 1. The fraction of sp³-hybridized carbons (Fsp3) is 0.538. The normalized spacial score (nSPS) is 17.9. The van der Waals surface area contributed by atoms with Gasteiger partial charge in [0.1, 0.15) is 0 Å². The first-order valence-corrected chi connectivity index (χ1v) is 6.12. The summed E-state index contributed by atoms with van der Waals surface area (Å²) >= 11 is 0. The first-order valence-electron chi connectivity index (χ1n) is 6.12. The van der Waals surface area contributed by atoms with Gasteiger partial charge in [0.25, 0.3) is 0 Å². The molecule has 0 aromatic carbocycles. The van der Waals surface area contributed by atoms with Crippen LogP contribution in [0.3, 0.4) is 0 Å². The number of likely N-dealkylation sites (tertiary alicyclic amines) is 1. The minimum absolute atomic E-state index is 0.170. The van der Waals surface area contributed by atoms with Gasteiger partial charge in [-0.1, -0.05) is 6.07 Å². The summed E-state index contributed by atoms with van der Waals surface area (Å²) in [6.07, 6.45) is 3.67. The van der Waals surface area contributed by atoms with Gasteiger partial charge in [-0.15, -0.1) is 0 Å². The van der Waals surface area contributed by atoms with E-state index in [-0.39, 0.29) is 11.8 Å². The van der Waals surface area contributed by atoms with Gasteiger partial charge in [-0.05, 0) is 45.1 Å². The molecule has 2 heterocycles. The molecule has 17 heavy (non-hydrogen) atoms. The molecule has 0 spiro atoms. The molecule has 1 aliphatic rings. The fourth-order valence-electron chi connectivity index (χ4n) is 2.10. The molecule has 0 bridgehead atoms. The Hall–Kier alpha value is -1.42. The van der Waals surface area contributed by atoms with Gasteiger partial charge >= 0.3 is 0 Å². The number of pyridine rings is 1. The van der Waals surface area contributed by atoms with Gasteiger partial charge < -0.3 is 10.2 Å². The van der Waals surface area contributed by atoms with Crippen molar-refractivity contribution in [3.8, 4) is 0 Å². The van der Waals surface area contributed by atoms with Gasteiger partial charge in [0, 0.05) is 12.1 Å². The monoisotopic (exact) mass is 233 g/mol. The van der Waals surface area contributed by atoms with E-state index in [1.807, 2.05) is 18.2 Å². The zero-order chi connectivity index (χ0) is 12.1. The highest BCUT2D eigenvalue weighted by Crippen LogP contribution is 2.15. The SMILES string of the molecule is CN1CCC(C(=O)NCc2ccccn2)CC1. The molecule has 4 nitrogen and oxygen atoms in total. The third-order valence-electron chi connectivity index (χ3n) is 3.26. The van der Waals surface area contributed by atoms with Crippen molar-refractivity contribution in [1.82, 2.24) is 15.2 Å². The number of amides is 1. The van der Waals surface area contributed by atoms with Crippen molar-refractivity contribution in [3.63, 3.8) is 0 Å². The Balaban J connectivity index is 1.78. The molecule has 1 saturated heterocycles. The summed E-state index contributed by atoms with van der Waals surface area (Å²) in [4.78, 5) is 18.4. The molecular weight excluding hydrogens is 214 g/mol. The number of piperidine rings is 1. The summed E-state index contributed by atoms with van der Waals surface area (Å²) in [7, 11) is 2.10. The van der Waals surface area contributed by atoms with Crippen LogP contribution in [-0.2, 0) is 11.3 Å². The van der Waals surface area contributed by atoms with Crippen LogP contribution in [0.5, 0.6) is 0 Å². The van der Waals surface area contributed by atoms with Crippen LogP contribution in [0.1, 0.15) is 18.5 Å². The highest BCUT2D eigenvalue weighted by atomic mass is 16.1. The largest absolute Gasteiger partial charge is 0.350 e. The second kappa shape index (κ2) is 5.77. The van der Waals surface area contributed by atoms with Crippen molar-refractivity contribution in [2.24, 2.45) is 5.92 Å². The van der Waals surface area contributed by atoms with E-state index in [0.29, 0.717) is 6.54 Å². The molecule has 1 aromatic rings. The molecule has 0 radical (unpaired) electrons. The van der Waals surface area contributed by atoms with Crippen molar-refractivity contribution in [1.29, 1.82) is 0 Å². The number of nitrogens with zero attached hydrogens (tertiary/aromatic N) is 2. The molecule has 2 rings (SSSR count). The van der Waals surface area contributed by atoms with Crippen LogP contribution >= 0.6 is 0 Å². The van der Waals surface area contributed by atoms with Gasteiger partial charge in [0.2, 0.25) is 5.91 Å². The summed E-state index contributed by atoms with van der Waals surface area (Å²) in [5.41, 5.74) is 0.911. The number of hydrogen-bond acceptors (Lipinski definition) is 3. The van der Waals surface area contributed by atoms with Crippen LogP contribution in [-0.4, -0.2) is 35.9 Å². The van der Waals surface area contributed by atoms with Gasteiger partial charge in [-0.3, -0.25) is 9.78 Å². The predicted molar refractivity (Wildman–Crippen MR) is 66.3 cm³/mol. The average molecular weight is 233 g/mol. The van der Waals surface area contributed by atoms with E-state index in [2.05, 4.69) is 22.2 Å². The Kier molecular flexibility index (Phi) is 4.09. The zero-order valence-corrected chi connectivity index (χ0v) is 10.2. The van der Waals surface area contributed by atoms with E-state index in [1.165, 1.54) is 0 Å². The Bertz CT molecular complexity index is 358. The highest BCUT2D eigenvalue weighted by molar-refractivity contribution is 5.78. The topological polar surface area (TPSA) is 45.2 Å². The molecule has 1 amide bonds. The molecule has 0 atom stereocenters. The van der Waals surface area contributed by atoms with Crippen molar-refractivity contribution >= 4 is 5.91 Å². The summed E-state index contributed by atoms with van der Waals surface area (Å²) in [6.45, 7) is 2.56. The second-order valence-corrected chi connectivity index (χ2v) is 4.62. The van der Waals surface area contributed by atoms with E-state index < -0.39 is 0 Å². The Morgan fingerprint density at radius 3 is 2.88 bits per heavy atom. The Labute approximate surface area is 102 Å². The lowest BCUT2D eigenvalue weighted by Crippen LogP contribution is -2.38. The van der Waals surface area contributed by atoms with E-state index in [9.17, 15) is 4.79 Å². The molecular formula is C13H19N3O. The lowest BCUT2D eigenvalue weighted by Gasteiger charge is -2.27. The van der Waals surface area contributed by atoms with E-state index in [1.54, 1.807) is 6.20 Å². The van der Waals surface area contributed by atoms with E-state index in [0.717, 1.165) is 31.6 Å². The molecule has 0 aliphatic carbocycles. The average Bonchev–Trinajstić information content (AvgIpc) is 2.38. The third kappa shape index (κ3) is 3.53. The number of carbonyl (C=O) groups excluding carboxylic acids is 1.